The minimum Gasteiger partial charge on any atom is -0.352 e. The van der Waals surface area contributed by atoms with Gasteiger partial charge in [-0.15, -0.1) is 0 Å². The Balaban J connectivity index is 2.38. The van der Waals surface area contributed by atoms with Crippen LogP contribution in [0, 0.1) is 6.92 Å². The highest BCUT2D eigenvalue weighted by molar-refractivity contribution is 7.92. The van der Waals surface area contributed by atoms with Gasteiger partial charge < -0.3 is 10.2 Å². The van der Waals surface area contributed by atoms with Gasteiger partial charge in [0.2, 0.25) is 21.8 Å². The molecule has 0 radical (unpaired) electrons. The maximum absolute atomic E-state index is 13.4. The van der Waals surface area contributed by atoms with Crippen LogP contribution in [0.5, 0.6) is 0 Å². The summed E-state index contributed by atoms with van der Waals surface area (Å²) in [6.07, 6.45) is 1.05. The largest absolute Gasteiger partial charge is 0.352 e. The lowest BCUT2D eigenvalue weighted by Gasteiger charge is -2.32. The number of carbonyl (C=O) groups excluding carboxylic acids is 2. The predicted octanol–water partition coefficient (Wildman–Crippen LogP) is 3.36. The van der Waals surface area contributed by atoms with Crippen molar-refractivity contribution < 1.29 is 18.0 Å². The van der Waals surface area contributed by atoms with Gasteiger partial charge in [-0.2, -0.15) is 0 Å². The van der Waals surface area contributed by atoms with E-state index in [9.17, 15) is 18.0 Å². The molecule has 0 aliphatic rings. The zero-order valence-electron chi connectivity index (χ0n) is 19.0. The molecule has 2 amide bonds. The Morgan fingerprint density at radius 1 is 1.06 bits per heavy atom. The molecule has 0 aliphatic carbocycles. The summed E-state index contributed by atoms with van der Waals surface area (Å²) in [5.74, 6) is -0.820. The van der Waals surface area contributed by atoms with Gasteiger partial charge in [-0.05, 0) is 57.5 Å². The van der Waals surface area contributed by atoms with Crippen molar-refractivity contribution in [1.29, 1.82) is 0 Å². The Morgan fingerprint density at radius 3 is 2.22 bits per heavy atom. The quantitative estimate of drug-likeness (QED) is 0.597. The molecule has 32 heavy (non-hydrogen) atoms. The maximum atomic E-state index is 13.4. The second-order valence-electron chi connectivity index (χ2n) is 8.10. The smallest absolute Gasteiger partial charge is 0.244 e. The molecule has 0 spiro atoms. The van der Waals surface area contributed by atoms with Crippen LogP contribution in [0.25, 0.3) is 0 Å². The standard InChI is InChI=1S/C23H30ClN3O4S/c1-16(2)25-23(29)18(4)26(14-19-7-6-8-20(24)13-19)22(28)15-27(32(5,30)31)21-11-9-17(3)10-12-21/h6-13,16,18H,14-15H2,1-5H3,(H,25,29)/t18-/m0/s1. The topological polar surface area (TPSA) is 86.8 Å². The molecule has 9 heteroatoms. The van der Waals surface area contributed by atoms with E-state index in [4.69, 9.17) is 11.6 Å². The fraction of sp³-hybridized carbons (Fsp3) is 0.391. The molecule has 2 aromatic carbocycles. The molecule has 0 saturated heterocycles. The van der Waals surface area contributed by atoms with Crippen LogP contribution in [0.4, 0.5) is 5.69 Å². The van der Waals surface area contributed by atoms with Crippen LogP contribution in [-0.2, 0) is 26.2 Å². The molecule has 0 heterocycles. The zero-order chi connectivity index (χ0) is 24.1. The monoisotopic (exact) mass is 479 g/mol. The number of nitrogens with one attached hydrogen (secondary N) is 1. The van der Waals surface area contributed by atoms with Gasteiger partial charge in [-0.25, -0.2) is 8.42 Å². The first-order chi connectivity index (χ1) is 14.9. The third-order valence-electron chi connectivity index (χ3n) is 4.84. The van der Waals surface area contributed by atoms with Gasteiger partial charge in [0.25, 0.3) is 0 Å². The van der Waals surface area contributed by atoms with Crippen molar-refractivity contribution in [2.45, 2.75) is 46.3 Å². The summed E-state index contributed by atoms with van der Waals surface area (Å²) in [5.41, 5.74) is 2.08. The number of aryl methyl sites for hydroxylation is 1. The summed E-state index contributed by atoms with van der Waals surface area (Å²) < 4.78 is 26.0. The van der Waals surface area contributed by atoms with Crippen molar-refractivity contribution in [3.05, 3.63) is 64.7 Å². The zero-order valence-corrected chi connectivity index (χ0v) is 20.6. The average Bonchev–Trinajstić information content (AvgIpc) is 2.69. The van der Waals surface area contributed by atoms with Gasteiger partial charge in [0.15, 0.2) is 0 Å². The van der Waals surface area contributed by atoms with Gasteiger partial charge in [0.05, 0.1) is 11.9 Å². The molecule has 0 saturated carbocycles. The van der Waals surface area contributed by atoms with Crippen molar-refractivity contribution in [2.75, 3.05) is 17.1 Å². The van der Waals surface area contributed by atoms with E-state index in [0.29, 0.717) is 10.7 Å². The lowest BCUT2D eigenvalue weighted by atomic mass is 10.1. The second kappa shape index (κ2) is 10.8. The molecular weight excluding hydrogens is 450 g/mol. The highest BCUT2D eigenvalue weighted by Crippen LogP contribution is 2.20. The van der Waals surface area contributed by atoms with Gasteiger partial charge in [-0.1, -0.05) is 41.4 Å². The normalized spacial score (nSPS) is 12.3. The third kappa shape index (κ3) is 7.24. The number of hydrogen-bond acceptors (Lipinski definition) is 4. The van der Waals surface area contributed by atoms with E-state index < -0.39 is 28.5 Å². The van der Waals surface area contributed by atoms with Crippen LogP contribution < -0.4 is 9.62 Å². The van der Waals surface area contributed by atoms with E-state index in [0.717, 1.165) is 21.7 Å². The van der Waals surface area contributed by atoms with Gasteiger partial charge in [0, 0.05) is 17.6 Å². The first-order valence-electron chi connectivity index (χ1n) is 10.3. The van der Waals surface area contributed by atoms with Crippen molar-refractivity contribution in [1.82, 2.24) is 10.2 Å². The number of rotatable bonds is 9. The molecule has 7 nitrogen and oxygen atoms in total. The first kappa shape index (κ1) is 25.7. The van der Waals surface area contributed by atoms with Gasteiger partial charge in [-0.3, -0.25) is 13.9 Å². The number of hydrogen-bond donors (Lipinski definition) is 1. The lowest BCUT2D eigenvalue weighted by Crippen LogP contribution is -2.52. The Hall–Kier alpha value is -2.58. The molecule has 174 valence electrons. The number of amides is 2. The third-order valence-corrected chi connectivity index (χ3v) is 6.22. The Kier molecular flexibility index (Phi) is 8.69. The summed E-state index contributed by atoms with van der Waals surface area (Å²) in [5, 5.41) is 3.31. The van der Waals surface area contributed by atoms with E-state index in [1.165, 1.54) is 4.90 Å². The van der Waals surface area contributed by atoms with E-state index in [1.54, 1.807) is 55.5 Å². The number of benzene rings is 2. The fourth-order valence-electron chi connectivity index (χ4n) is 3.14. The molecule has 1 N–H and O–H groups in total. The van der Waals surface area contributed by atoms with Crippen molar-refractivity contribution in [3.8, 4) is 0 Å². The van der Waals surface area contributed by atoms with Crippen LogP contribution >= 0.6 is 11.6 Å². The number of carbonyl (C=O) groups is 2. The molecule has 0 aliphatic heterocycles. The van der Waals surface area contributed by atoms with E-state index >= 15 is 0 Å². The summed E-state index contributed by atoms with van der Waals surface area (Å²) in [7, 11) is -3.74. The number of anilines is 1. The fourth-order valence-corrected chi connectivity index (χ4v) is 4.21. The summed E-state index contributed by atoms with van der Waals surface area (Å²) in [6.45, 7) is 6.85. The predicted molar refractivity (Wildman–Crippen MR) is 128 cm³/mol. The van der Waals surface area contributed by atoms with Crippen LogP contribution in [0.2, 0.25) is 5.02 Å². The molecule has 0 fully saturated rings. The average molecular weight is 480 g/mol. The van der Waals surface area contributed by atoms with E-state index in [-0.39, 0.29) is 18.5 Å². The highest BCUT2D eigenvalue weighted by Gasteiger charge is 2.30. The summed E-state index contributed by atoms with van der Waals surface area (Å²) in [6, 6.07) is 12.9. The van der Waals surface area contributed by atoms with Crippen molar-refractivity contribution in [3.63, 3.8) is 0 Å². The van der Waals surface area contributed by atoms with Crippen LogP contribution in [0.3, 0.4) is 0 Å². The Morgan fingerprint density at radius 2 is 1.69 bits per heavy atom. The SMILES string of the molecule is Cc1ccc(N(CC(=O)N(Cc2cccc(Cl)c2)[C@@H](C)C(=O)NC(C)C)S(C)(=O)=O)cc1. The van der Waals surface area contributed by atoms with Crippen LogP contribution in [-0.4, -0.2) is 50.0 Å². The molecule has 0 aromatic heterocycles. The van der Waals surface area contributed by atoms with Crippen LogP contribution in [0.1, 0.15) is 31.9 Å². The van der Waals surface area contributed by atoms with Crippen molar-refractivity contribution >= 4 is 39.1 Å². The van der Waals surface area contributed by atoms with E-state index in [2.05, 4.69) is 5.32 Å². The van der Waals surface area contributed by atoms with Crippen LogP contribution in [0.15, 0.2) is 48.5 Å². The van der Waals surface area contributed by atoms with E-state index in [1.807, 2.05) is 20.8 Å². The first-order valence-corrected chi connectivity index (χ1v) is 12.5. The maximum Gasteiger partial charge on any atom is 0.244 e. The molecule has 1 atom stereocenters. The number of halogens is 1. The minimum atomic E-state index is -3.74. The second-order valence-corrected chi connectivity index (χ2v) is 10.4. The summed E-state index contributed by atoms with van der Waals surface area (Å²) in [4.78, 5) is 27.4. The lowest BCUT2D eigenvalue weighted by molar-refractivity contribution is -0.139. The molecule has 0 unspecified atom stereocenters. The Labute approximate surface area is 195 Å². The minimum absolute atomic E-state index is 0.104. The molecular formula is C23H30ClN3O4S. The Bertz CT molecular complexity index is 1060. The van der Waals surface area contributed by atoms with Gasteiger partial charge >= 0.3 is 0 Å². The number of sulfonamides is 1. The number of nitrogens with zero attached hydrogens (tertiary/aromatic N) is 2. The van der Waals surface area contributed by atoms with Crippen molar-refractivity contribution in [2.24, 2.45) is 0 Å². The van der Waals surface area contributed by atoms with Gasteiger partial charge in [0.1, 0.15) is 12.6 Å². The summed E-state index contributed by atoms with van der Waals surface area (Å²) >= 11 is 6.09. The molecule has 0 bridgehead atoms. The molecule has 2 aromatic rings. The molecule has 2 rings (SSSR count). The highest BCUT2D eigenvalue weighted by atomic mass is 35.5.